The van der Waals surface area contributed by atoms with Crippen molar-refractivity contribution in [3.63, 3.8) is 0 Å². The lowest BCUT2D eigenvalue weighted by molar-refractivity contribution is 0.370. The number of hydrogen-bond acceptors (Lipinski definition) is 4. The van der Waals surface area contributed by atoms with E-state index < -0.39 is 10.0 Å². The summed E-state index contributed by atoms with van der Waals surface area (Å²) < 4.78 is 26.7. The van der Waals surface area contributed by atoms with Crippen molar-refractivity contribution in [1.82, 2.24) is 9.62 Å². The number of anilines is 1. The zero-order valence-corrected chi connectivity index (χ0v) is 12.2. The number of rotatable bonds is 5. The van der Waals surface area contributed by atoms with Gasteiger partial charge in [0.05, 0.1) is 15.6 Å². The van der Waals surface area contributed by atoms with Crippen LogP contribution in [0.25, 0.3) is 0 Å². The lowest BCUT2D eigenvalue weighted by atomic mass is 10.3. The Morgan fingerprint density at radius 3 is 2.56 bits per heavy atom. The molecule has 1 rings (SSSR count). The molecule has 1 unspecified atom stereocenters. The second-order valence-electron chi connectivity index (χ2n) is 4.47. The quantitative estimate of drug-likeness (QED) is 0.798. The molecule has 1 atom stereocenters. The van der Waals surface area contributed by atoms with Gasteiger partial charge in [-0.05, 0) is 39.2 Å². The molecule has 0 radical (unpaired) electrons. The van der Waals surface area contributed by atoms with Crippen LogP contribution in [-0.2, 0) is 10.0 Å². The predicted molar refractivity (Wildman–Crippen MR) is 74.2 cm³/mol. The van der Waals surface area contributed by atoms with E-state index in [1.54, 1.807) is 6.92 Å². The van der Waals surface area contributed by atoms with Gasteiger partial charge in [0.1, 0.15) is 0 Å². The van der Waals surface area contributed by atoms with E-state index in [-0.39, 0.29) is 16.6 Å². The average molecular weight is 292 g/mol. The van der Waals surface area contributed by atoms with Gasteiger partial charge in [-0.1, -0.05) is 11.6 Å². The molecule has 0 aliphatic rings. The maximum absolute atomic E-state index is 12.1. The van der Waals surface area contributed by atoms with Gasteiger partial charge in [-0.25, -0.2) is 13.1 Å². The highest BCUT2D eigenvalue weighted by molar-refractivity contribution is 7.89. The van der Waals surface area contributed by atoms with Crippen molar-refractivity contribution in [1.29, 1.82) is 0 Å². The lowest BCUT2D eigenvalue weighted by Crippen LogP contribution is -2.39. The topological polar surface area (TPSA) is 75.4 Å². The van der Waals surface area contributed by atoms with Gasteiger partial charge in [-0.15, -0.1) is 0 Å². The van der Waals surface area contributed by atoms with Crippen LogP contribution in [0.5, 0.6) is 0 Å². The number of halogens is 1. The summed E-state index contributed by atoms with van der Waals surface area (Å²) in [6, 6.07) is 4.07. The first-order valence-electron chi connectivity index (χ1n) is 5.44. The molecular weight excluding hydrogens is 274 g/mol. The summed E-state index contributed by atoms with van der Waals surface area (Å²) in [7, 11) is 0.200. The smallest absolute Gasteiger partial charge is 0.240 e. The highest BCUT2D eigenvalue weighted by Crippen LogP contribution is 2.22. The first-order valence-corrected chi connectivity index (χ1v) is 7.30. The van der Waals surface area contributed by atoms with Gasteiger partial charge in [0, 0.05) is 12.6 Å². The third kappa shape index (κ3) is 4.13. The molecular formula is C11H18ClN3O2S. The number of hydrogen-bond donors (Lipinski definition) is 2. The molecule has 0 aliphatic heterocycles. The average Bonchev–Trinajstić information content (AvgIpc) is 2.19. The summed E-state index contributed by atoms with van der Waals surface area (Å²) in [5.41, 5.74) is 5.85. The van der Waals surface area contributed by atoms with Crippen LogP contribution in [0.1, 0.15) is 6.92 Å². The Morgan fingerprint density at radius 2 is 2.06 bits per heavy atom. The third-order valence-corrected chi connectivity index (χ3v) is 4.20. The van der Waals surface area contributed by atoms with Crippen molar-refractivity contribution in [2.75, 3.05) is 26.4 Å². The highest BCUT2D eigenvalue weighted by Gasteiger charge is 2.18. The Hall–Kier alpha value is -0.820. The predicted octanol–water partition coefficient (Wildman–Crippen LogP) is 1.15. The van der Waals surface area contributed by atoms with E-state index in [0.29, 0.717) is 11.6 Å². The van der Waals surface area contributed by atoms with Crippen LogP contribution >= 0.6 is 11.6 Å². The minimum absolute atomic E-state index is 0.120. The molecule has 1 aromatic carbocycles. The number of sulfonamides is 1. The standard InChI is InChI=1S/C11H18ClN3O2S/c1-8(7-15(2)3)14-18(16,17)9-4-5-10(12)11(13)6-9/h4-6,8,14H,7,13H2,1-3H3. The summed E-state index contributed by atoms with van der Waals surface area (Å²) in [4.78, 5) is 2.03. The van der Waals surface area contributed by atoms with Crippen LogP contribution in [0.3, 0.4) is 0 Å². The Bertz CT molecular complexity index is 517. The van der Waals surface area contributed by atoms with E-state index in [4.69, 9.17) is 17.3 Å². The van der Waals surface area contributed by atoms with E-state index >= 15 is 0 Å². The highest BCUT2D eigenvalue weighted by atomic mass is 35.5. The number of nitrogen functional groups attached to an aromatic ring is 1. The zero-order valence-electron chi connectivity index (χ0n) is 10.6. The molecule has 0 aromatic heterocycles. The fourth-order valence-electron chi connectivity index (χ4n) is 1.61. The van der Waals surface area contributed by atoms with Crippen LogP contribution in [0, 0.1) is 0 Å². The molecule has 7 heteroatoms. The first kappa shape index (κ1) is 15.2. The minimum atomic E-state index is -3.56. The molecule has 0 bridgehead atoms. The van der Waals surface area contributed by atoms with Crippen molar-refractivity contribution in [3.8, 4) is 0 Å². The molecule has 0 amide bonds. The monoisotopic (exact) mass is 291 g/mol. The van der Waals surface area contributed by atoms with Crippen molar-refractivity contribution in [2.24, 2.45) is 0 Å². The van der Waals surface area contributed by atoms with Gasteiger partial charge >= 0.3 is 0 Å². The normalized spacial score (nSPS) is 13.8. The van der Waals surface area contributed by atoms with E-state index in [1.165, 1.54) is 18.2 Å². The van der Waals surface area contributed by atoms with Gasteiger partial charge in [0.25, 0.3) is 0 Å². The van der Waals surface area contributed by atoms with Crippen LogP contribution in [0.15, 0.2) is 23.1 Å². The second kappa shape index (κ2) is 5.88. The Balaban J connectivity index is 2.89. The zero-order chi connectivity index (χ0) is 13.9. The maximum atomic E-state index is 12.1. The van der Waals surface area contributed by atoms with Crippen LogP contribution < -0.4 is 10.5 Å². The molecule has 5 nitrogen and oxygen atoms in total. The molecule has 0 aliphatic carbocycles. The van der Waals surface area contributed by atoms with Gasteiger partial charge in [0.2, 0.25) is 10.0 Å². The Kier molecular flexibility index (Phi) is 4.98. The van der Waals surface area contributed by atoms with Gasteiger partial charge in [0.15, 0.2) is 0 Å². The van der Waals surface area contributed by atoms with Crippen LogP contribution in [0.2, 0.25) is 5.02 Å². The Labute approximate surface area is 113 Å². The number of nitrogens with one attached hydrogen (secondary N) is 1. The molecule has 1 aromatic rings. The van der Waals surface area contributed by atoms with E-state index in [0.717, 1.165) is 0 Å². The second-order valence-corrected chi connectivity index (χ2v) is 6.59. The SMILES string of the molecule is CC(CN(C)C)NS(=O)(=O)c1ccc(Cl)c(N)c1. The minimum Gasteiger partial charge on any atom is -0.397 e. The van der Waals surface area contributed by atoms with Crippen molar-refractivity contribution in [2.45, 2.75) is 17.9 Å². The first-order chi connectivity index (χ1) is 8.22. The van der Waals surface area contributed by atoms with E-state index in [2.05, 4.69) is 4.72 Å². The van der Waals surface area contributed by atoms with Crippen LogP contribution in [-0.4, -0.2) is 40.0 Å². The summed E-state index contributed by atoms with van der Waals surface area (Å²) in [6.45, 7) is 2.42. The number of benzene rings is 1. The molecule has 0 spiro atoms. The fourth-order valence-corrected chi connectivity index (χ4v) is 2.99. The van der Waals surface area contributed by atoms with Gasteiger partial charge < -0.3 is 10.6 Å². The summed E-state index contributed by atoms with van der Waals surface area (Å²) in [5.74, 6) is 0. The van der Waals surface area contributed by atoms with Crippen LogP contribution in [0.4, 0.5) is 5.69 Å². The number of nitrogens with zero attached hydrogens (tertiary/aromatic N) is 1. The fraction of sp³-hybridized carbons (Fsp3) is 0.455. The Morgan fingerprint density at radius 1 is 1.44 bits per heavy atom. The largest absolute Gasteiger partial charge is 0.397 e. The van der Waals surface area contributed by atoms with Crippen molar-refractivity contribution in [3.05, 3.63) is 23.2 Å². The van der Waals surface area contributed by atoms with Gasteiger partial charge in [-0.2, -0.15) is 0 Å². The molecule has 0 fully saturated rings. The van der Waals surface area contributed by atoms with E-state index in [1.807, 2.05) is 19.0 Å². The summed E-state index contributed by atoms with van der Waals surface area (Å²) in [5, 5.41) is 0.343. The molecule has 102 valence electrons. The summed E-state index contributed by atoms with van der Waals surface area (Å²) in [6.07, 6.45) is 0. The number of likely N-dealkylation sites (N-methyl/N-ethyl adjacent to an activating group) is 1. The summed E-state index contributed by atoms with van der Waals surface area (Å²) >= 11 is 5.76. The van der Waals surface area contributed by atoms with Crippen molar-refractivity contribution < 1.29 is 8.42 Å². The molecule has 0 saturated heterocycles. The third-order valence-electron chi connectivity index (χ3n) is 2.27. The van der Waals surface area contributed by atoms with E-state index in [9.17, 15) is 8.42 Å². The van der Waals surface area contributed by atoms with Crippen molar-refractivity contribution >= 4 is 27.3 Å². The maximum Gasteiger partial charge on any atom is 0.240 e. The van der Waals surface area contributed by atoms with Gasteiger partial charge in [-0.3, -0.25) is 0 Å². The molecule has 18 heavy (non-hydrogen) atoms. The molecule has 3 N–H and O–H groups in total. The lowest BCUT2D eigenvalue weighted by Gasteiger charge is -2.18. The molecule has 0 saturated carbocycles. The molecule has 0 heterocycles. The number of nitrogens with two attached hydrogens (primary N) is 1.